The zero-order chi connectivity index (χ0) is 20.4. The summed E-state index contributed by atoms with van der Waals surface area (Å²) in [5.41, 5.74) is 5.51. The fourth-order valence-electron chi connectivity index (χ4n) is 3.53. The van der Waals surface area contributed by atoms with Crippen LogP contribution in [0.25, 0.3) is 11.1 Å². The first kappa shape index (κ1) is 18.7. The van der Waals surface area contributed by atoms with Crippen LogP contribution in [-0.4, -0.2) is 39.4 Å². The van der Waals surface area contributed by atoms with Crippen LogP contribution in [0.5, 0.6) is 11.5 Å². The van der Waals surface area contributed by atoms with Gasteiger partial charge in [-0.1, -0.05) is 48.5 Å². The second kappa shape index (κ2) is 7.80. The Morgan fingerprint density at radius 1 is 0.828 bits per heavy atom. The van der Waals surface area contributed by atoms with Gasteiger partial charge in [-0.05, 0) is 23.3 Å². The number of nitrogens with zero attached hydrogens (tertiary/aromatic N) is 2. The van der Waals surface area contributed by atoms with Gasteiger partial charge in [0.1, 0.15) is 6.54 Å². The highest BCUT2D eigenvalue weighted by atomic mass is 16.5. The molecule has 3 aromatic rings. The van der Waals surface area contributed by atoms with Crippen LogP contribution in [0.4, 0.5) is 5.69 Å². The fourth-order valence-corrected chi connectivity index (χ4v) is 3.53. The van der Waals surface area contributed by atoms with Gasteiger partial charge in [-0.2, -0.15) is 0 Å². The maximum absolute atomic E-state index is 12.5. The van der Waals surface area contributed by atoms with Crippen molar-refractivity contribution in [2.75, 3.05) is 32.7 Å². The molecule has 1 aliphatic heterocycles. The molecule has 1 amide bonds. The van der Waals surface area contributed by atoms with Crippen LogP contribution in [0, 0.1) is 0 Å². The molecule has 0 aromatic heterocycles. The molecule has 5 heteroatoms. The summed E-state index contributed by atoms with van der Waals surface area (Å²) in [6.45, 7) is 0.0840. The molecule has 1 aliphatic rings. The molecule has 29 heavy (non-hydrogen) atoms. The van der Waals surface area contributed by atoms with Crippen molar-refractivity contribution in [3.8, 4) is 22.6 Å². The van der Waals surface area contributed by atoms with E-state index in [9.17, 15) is 4.79 Å². The summed E-state index contributed by atoms with van der Waals surface area (Å²) < 4.78 is 10.9. The smallest absolute Gasteiger partial charge is 0.248 e. The normalized spacial score (nSPS) is 13.4. The van der Waals surface area contributed by atoms with Crippen molar-refractivity contribution in [2.24, 2.45) is 4.99 Å². The predicted molar refractivity (Wildman–Crippen MR) is 115 cm³/mol. The molecule has 3 aromatic carbocycles. The number of ether oxygens (including phenoxy) is 2. The number of carbonyl (C=O) groups excluding carboxylic acids is 1. The third-order valence-electron chi connectivity index (χ3n) is 5.11. The Hall–Kier alpha value is -3.60. The van der Waals surface area contributed by atoms with Crippen molar-refractivity contribution in [2.45, 2.75) is 0 Å². The molecule has 1 heterocycles. The molecule has 0 atom stereocenters. The molecular formula is C24H22N2O3. The van der Waals surface area contributed by atoms with Gasteiger partial charge in [-0.3, -0.25) is 9.79 Å². The van der Waals surface area contributed by atoms with Gasteiger partial charge < -0.3 is 14.4 Å². The van der Waals surface area contributed by atoms with Crippen molar-refractivity contribution in [3.05, 3.63) is 77.9 Å². The number of rotatable bonds is 4. The number of likely N-dealkylation sites (N-methyl/N-ethyl adjacent to an activating group) is 1. The van der Waals surface area contributed by atoms with Crippen LogP contribution in [0.1, 0.15) is 11.1 Å². The van der Waals surface area contributed by atoms with Gasteiger partial charge in [0.25, 0.3) is 0 Å². The molecule has 0 unspecified atom stereocenters. The predicted octanol–water partition coefficient (Wildman–Crippen LogP) is 4.18. The number of amides is 1. The van der Waals surface area contributed by atoms with E-state index in [0.29, 0.717) is 11.5 Å². The Morgan fingerprint density at radius 3 is 2.21 bits per heavy atom. The molecule has 0 saturated carbocycles. The van der Waals surface area contributed by atoms with Crippen LogP contribution in [0.2, 0.25) is 0 Å². The number of benzene rings is 3. The molecule has 146 valence electrons. The number of hydrogen-bond acceptors (Lipinski definition) is 4. The molecule has 0 N–H and O–H groups in total. The van der Waals surface area contributed by atoms with Crippen LogP contribution in [0.3, 0.4) is 0 Å². The summed E-state index contributed by atoms with van der Waals surface area (Å²) in [5.74, 6) is 1.10. The van der Waals surface area contributed by atoms with Crippen LogP contribution in [-0.2, 0) is 4.79 Å². The third-order valence-corrected chi connectivity index (χ3v) is 5.11. The van der Waals surface area contributed by atoms with E-state index in [1.54, 1.807) is 26.2 Å². The minimum Gasteiger partial charge on any atom is -0.493 e. The maximum Gasteiger partial charge on any atom is 0.248 e. The van der Waals surface area contributed by atoms with Gasteiger partial charge in [-0.15, -0.1) is 0 Å². The Balaban J connectivity index is 1.89. The first-order chi connectivity index (χ1) is 14.1. The van der Waals surface area contributed by atoms with Gasteiger partial charge in [0, 0.05) is 24.2 Å². The average Bonchev–Trinajstić information content (AvgIpc) is 2.90. The summed E-state index contributed by atoms with van der Waals surface area (Å²) in [5, 5.41) is 0. The molecule has 0 bridgehead atoms. The van der Waals surface area contributed by atoms with Crippen molar-refractivity contribution >= 4 is 17.3 Å². The summed E-state index contributed by atoms with van der Waals surface area (Å²) in [6.07, 6.45) is 0. The highest BCUT2D eigenvalue weighted by molar-refractivity contribution is 6.20. The maximum atomic E-state index is 12.5. The molecule has 0 spiro atoms. The first-order valence-electron chi connectivity index (χ1n) is 9.35. The molecule has 0 fully saturated rings. The van der Waals surface area contributed by atoms with Crippen LogP contribution < -0.4 is 14.4 Å². The lowest BCUT2D eigenvalue weighted by molar-refractivity contribution is -0.116. The number of methoxy groups -OCH3 is 2. The second-order valence-electron chi connectivity index (χ2n) is 6.79. The Kier molecular flexibility index (Phi) is 5.04. The van der Waals surface area contributed by atoms with E-state index in [4.69, 9.17) is 9.47 Å². The van der Waals surface area contributed by atoms with Gasteiger partial charge in [-0.25, -0.2) is 0 Å². The van der Waals surface area contributed by atoms with E-state index in [2.05, 4.69) is 29.3 Å². The van der Waals surface area contributed by atoms with Gasteiger partial charge in [0.15, 0.2) is 11.5 Å². The SMILES string of the molecule is COc1cc2c(cc1OC)N(C)C(=O)CN=C2c1cccc(-c2ccccc2)c1. The largest absolute Gasteiger partial charge is 0.493 e. The van der Waals surface area contributed by atoms with E-state index in [0.717, 1.165) is 33.7 Å². The highest BCUT2D eigenvalue weighted by Gasteiger charge is 2.25. The number of anilines is 1. The molecule has 5 nitrogen and oxygen atoms in total. The molecule has 0 radical (unpaired) electrons. The van der Waals surface area contributed by atoms with E-state index in [1.165, 1.54) is 0 Å². The summed E-state index contributed by atoms with van der Waals surface area (Å²) in [7, 11) is 4.94. The molecule has 0 saturated heterocycles. The van der Waals surface area contributed by atoms with Crippen molar-refractivity contribution in [1.29, 1.82) is 0 Å². The van der Waals surface area contributed by atoms with Gasteiger partial charge in [0.05, 0.1) is 25.6 Å². The Bertz CT molecular complexity index is 1090. The highest BCUT2D eigenvalue weighted by Crippen LogP contribution is 2.37. The van der Waals surface area contributed by atoms with E-state index in [-0.39, 0.29) is 12.5 Å². The number of fused-ring (bicyclic) bond motifs is 1. The number of hydrogen-bond donors (Lipinski definition) is 0. The number of aliphatic imine (C=N–C) groups is 1. The average molecular weight is 386 g/mol. The standard InChI is InChI=1S/C24H22N2O3/c1-26-20-14-22(29-3)21(28-2)13-19(20)24(25-15-23(26)27)18-11-7-10-17(12-18)16-8-5-4-6-9-16/h4-14H,15H2,1-3H3. The summed E-state index contributed by atoms with van der Waals surface area (Å²) >= 11 is 0. The Morgan fingerprint density at radius 2 is 1.48 bits per heavy atom. The van der Waals surface area contributed by atoms with Gasteiger partial charge in [0.2, 0.25) is 5.91 Å². The minimum absolute atomic E-state index is 0.0762. The lowest BCUT2D eigenvalue weighted by Crippen LogP contribution is -2.27. The zero-order valence-corrected chi connectivity index (χ0v) is 16.7. The lowest BCUT2D eigenvalue weighted by atomic mass is 9.96. The topological polar surface area (TPSA) is 51.1 Å². The quantitative estimate of drug-likeness (QED) is 0.676. The monoisotopic (exact) mass is 386 g/mol. The van der Waals surface area contributed by atoms with Crippen molar-refractivity contribution < 1.29 is 14.3 Å². The van der Waals surface area contributed by atoms with Gasteiger partial charge >= 0.3 is 0 Å². The van der Waals surface area contributed by atoms with Crippen molar-refractivity contribution in [3.63, 3.8) is 0 Å². The lowest BCUT2D eigenvalue weighted by Gasteiger charge is -2.20. The number of carbonyl (C=O) groups is 1. The molecular weight excluding hydrogens is 364 g/mol. The Labute approximate surface area is 170 Å². The summed E-state index contributed by atoms with van der Waals surface area (Å²) in [6, 6.07) is 22.1. The zero-order valence-electron chi connectivity index (χ0n) is 16.7. The van der Waals surface area contributed by atoms with E-state index >= 15 is 0 Å². The summed E-state index contributed by atoms with van der Waals surface area (Å²) in [4.78, 5) is 18.8. The van der Waals surface area contributed by atoms with E-state index in [1.807, 2.05) is 42.5 Å². The minimum atomic E-state index is -0.0762. The van der Waals surface area contributed by atoms with Crippen LogP contribution >= 0.6 is 0 Å². The second-order valence-corrected chi connectivity index (χ2v) is 6.79. The molecule has 4 rings (SSSR count). The number of benzodiazepines with no additional fused rings is 1. The van der Waals surface area contributed by atoms with E-state index < -0.39 is 0 Å². The fraction of sp³-hybridized carbons (Fsp3) is 0.167. The van der Waals surface area contributed by atoms with Crippen molar-refractivity contribution in [1.82, 2.24) is 0 Å². The van der Waals surface area contributed by atoms with Crippen LogP contribution in [0.15, 0.2) is 71.7 Å². The first-order valence-corrected chi connectivity index (χ1v) is 9.35. The third kappa shape index (κ3) is 3.47. The molecule has 0 aliphatic carbocycles.